The van der Waals surface area contributed by atoms with Gasteiger partial charge in [-0.25, -0.2) is 9.78 Å². The number of nitrogens with one attached hydrogen (secondary N) is 1. The van der Waals surface area contributed by atoms with Crippen molar-refractivity contribution in [1.82, 2.24) is 4.98 Å². The Kier molecular flexibility index (Phi) is 5.05. The Balaban J connectivity index is 1.99. The quantitative estimate of drug-likeness (QED) is 0.863. The van der Waals surface area contributed by atoms with E-state index in [4.69, 9.17) is 9.47 Å². The molecule has 6 nitrogen and oxygen atoms in total. The van der Waals surface area contributed by atoms with Crippen molar-refractivity contribution in [3.05, 3.63) is 10.6 Å². The molecule has 0 unspecified atom stereocenters. The van der Waals surface area contributed by atoms with Crippen LogP contribution in [0.2, 0.25) is 0 Å². The van der Waals surface area contributed by atoms with Crippen molar-refractivity contribution in [3.8, 4) is 0 Å². The Hall–Kier alpha value is -1.63. The second-order valence-electron chi connectivity index (χ2n) is 6.21. The molecule has 0 bridgehead atoms. The van der Waals surface area contributed by atoms with Gasteiger partial charge in [-0.2, -0.15) is 0 Å². The molecular formula is C15H22N2O4S. The van der Waals surface area contributed by atoms with E-state index in [-0.39, 0.29) is 11.9 Å². The fourth-order valence-corrected chi connectivity index (χ4v) is 3.35. The molecule has 1 atom stereocenters. The lowest BCUT2D eigenvalue weighted by Crippen LogP contribution is -2.27. The molecule has 22 heavy (non-hydrogen) atoms. The summed E-state index contributed by atoms with van der Waals surface area (Å²) in [5.74, 6) is -0.259. The van der Waals surface area contributed by atoms with Crippen LogP contribution >= 0.6 is 11.3 Å². The Labute approximate surface area is 134 Å². The second kappa shape index (κ2) is 6.64. The standard InChI is InChI=1S/C15H22N2O4S/c1-5-20-12(18)9-6-7-10-11(8-9)22-13(16-10)17-14(19)21-15(2,3)4/h9H,5-8H2,1-4H3,(H,16,17,19)/t9-/m1/s1. The van der Waals surface area contributed by atoms with E-state index in [0.717, 1.165) is 23.4 Å². The highest BCUT2D eigenvalue weighted by Crippen LogP contribution is 2.33. The van der Waals surface area contributed by atoms with Crippen LogP contribution in [0.4, 0.5) is 9.93 Å². The third-order valence-corrected chi connectivity index (χ3v) is 4.20. The SMILES string of the molecule is CCOC(=O)[C@@H]1CCc2nc(NC(=O)OC(C)(C)C)sc2C1. The lowest BCUT2D eigenvalue weighted by atomic mass is 9.91. The van der Waals surface area contributed by atoms with Crippen molar-refractivity contribution < 1.29 is 19.1 Å². The number of aromatic nitrogens is 1. The lowest BCUT2D eigenvalue weighted by Gasteiger charge is -2.19. The Morgan fingerprint density at radius 3 is 2.77 bits per heavy atom. The molecule has 0 fully saturated rings. The molecule has 0 spiro atoms. The fourth-order valence-electron chi connectivity index (χ4n) is 2.28. The minimum Gasteiger partial charge on any atom is -0.466 e. The van der Waals surface area contributed by atoms with E-state index >= 15 is 0 Å². The van der Waals surface area contributed by atoms with Gasteiger partial charge in [-0.05, 0) is 47.0 Å². The number of fused-ring (bicyclic) bond motifs is 1. The van der Waals surface area contributed by atoms with E-state index < -0.39 is 11.7 Å². The van der Waals surface area contributed by atoms with E-state index in [1.807, 2.05) is 27.7 Å². The average molecular weight is 326 g/mol. The van der Waals surface area contributed by atoms with Gasteiger partial charge in [-0.3, -0.25) is 10.1 Å². The van der Waals surface area contributed by atoms with Gasteiger partial charge in [0.25, 0.3) is 0 Å². The fraction of sp³-hybridized carbons (Fsp3) is 0.667. The summed E-state index contributed by atoms with van der Waals surface area (Å²) in [6, 6.07) is 0. The highest BCUT2D eigenvalue weighted by atomic mass is 32.1. The topological polar surface area (TPSA) is 77.5 Å². The number of ether oxygens (including phenoxy) is 2. The summed E-state index contributed by atoms with van der Waals surface area (Å²) >= 11 is 1.40. The first-order valence-electron chi connectivity index (χ1n) is 7.43. The number of amides is 1. The number of carbonyl (C=O) groups is 2. The lowest BCUT2D eigenvalue weighted by molar-refractivity contribution is -0.148. The molecular weight excluding hydrogens is 304 g/mol. The highest BCUT2D eigenvalue weighted by molar-refractivity contribution is 7.15. The van der Waals surface area contributed by atoms with Crippen LogP contribution in [0.3, 0.4) is 0 Å². The zero-order chi connectivity index (χ0) is 16.3. The molecule has 122 valence electrons. The van der Waals surface area contributed by atoms with Crippen molar-refractivity contribution in [3.63, 3.8) is 0 Å². The number of esters is 1. The van der Waals surface area contributed by atoms with Crippen molar-refractivity contribution in [1.29, 1.82) is 0 Å². The van der Waals surface area contributed by atoms with Gasteiger partial charge in [0, 0.05) is 4.88 Å². The molecule has 1 aliphatic carbocycles. The van der Waals surface area contributed by atoms with Gasteiger partial charge in [0.15, 0.2) is 5.13 Å². The molecule has 1 N–H and O–H groups in total. The van der Waals surface area contributed by atoms with Crippen LogP contribution in [0.1, 0.15) is 44.7 Å². The second-order valence-corrected chi connectivity index (χ2v) is 7.29. The largest absolute Gasteiger partial charge is 0.466 e. The van der Waals surface area contributed by atoms with Gasteiger partial charge in [0.05, 0.1) is 18.2 Å². The van der Waals surface area contributed by atoms with Crippen molar-refractivity contribution >= 4 is 28.5 Å². The molecule has 1 amide bonds. The first kappa shape index (κ1) is 16.7. The molecule has 0 aliphatic heterocycles. The first-order valence-corrected chi connectivity index (χ1v) is 8.25. The van der Waals surface area contributed by atoms with Crippen molar-refractivity contribution in [2.24, 2.45) is 5.92 Å². The van der Waals surface area contributed by atoms with Crippen LogP contribution in [0.5, 0.6) is 0 Å². The summed E-state index contributed by atoms with van der Waals surface area (Å²) in [5, 5.41) is 3.17. The zero-order valence-electron chi connectivity index (χ0n) is 13.4. The average Bonchev–Trinajstić information content (AvgIpc) is 2.77. The molecule has 0 radical (unpaired) electrons. The van der Waals surface area contributed by atoms with Crippen LogP contribution < -0.4 is 5.32 Å². The summed E-state index contributed by atoms with van der Waals surface area (Å²) < 4.78 is 10.3. The zero-order valence-corrected chi connectivity index (χ0v) is 14.2. The van der Waals surface area contributed by atoms with Crippen LogP contribution in [0.25, 0.3) is 0 Å². The molecule has 0 saturated carbocycles. The Bertz CT molecular complexity index is 562. The molecule has 1 heterocycles. The number of hydrogen-bond donors (Lipinski definition) is 1. The maximum absolute atomic E-state index is 11.8. The number of hydrogen-bond acceptors (Lipinski definition) is 6. The predicted molar refractivity (Wildman–Crippen MR) is 84.1 cm³/mol. The van der Waals surface area contributed by atoms with E-state index in [9.17, 15) is 9.59 Å². The molecule has 0 aromatic carbocycles. The highest BCUT2D eigenvalue weighted by Gasteiger charge is 2.29. The maximum atomic E-state index is 11.8. The van der Waals surface area contributed by atoms with E-state index in [0.29, 0.717) is 18.2 Å². The van der Waals surface area contributed by atoms with Crippen LogP contribution in [0, 0.1) is 5.92 Å². The minimum atomic E-state index is -0.546. The van der Waals surface area contributed by atoms with Gasteiger partial charge in [0.2, 0.25) is 0 Å². The summed E-state index contributed by atoms with van der Waals surface area (Å²) in [6.45, 7) is 7.63. The number of thiazole rings is 1. The molecule has 0 saturated heterocycles. The van der Waals surface area contributed by atoms with Crippen molar-refractivity contribution in [2.75, 3.05) is 11.9 Å². The molecule has 1 aromatic heterocycles. The third kappa shape index (κ3) is 4.43. The van der Waals surface area contributed by atoms with E-state index in [1.165, 1.54) is 11.3 Å². The molecule has 2 rings (SSSR count). The first-order chi connectivity index (χ1) is 10.3. The summed E-state index contributed by atoms with van der Waals surface area (Å²) in [5.41, 5.74) is 0.410. The van der Waals surface area contributed by atoms with E-state index in [1.54, 1.807) is 0 Å². The third-order valence-electron chi connectivity index (χ3n) is 3.17. The van der Waals surface area contributed by atoms with Gasteiger partial charge >= 0.3 is 12.1 Å². The number of carbonyl (C=O) groups excluding carboxylic acids is 2. The van der Waals surface area contributed by atoms with Gasteiger partial charge in [-0.1, -0.05) is 0 Å². The van der Waals surface area contributed by atoms with Gasteiger partial charge in [-0.15, -0.1) is 11.3 Å². The number of rotatable bonds is 3. The minimum absolute atomic E-state index is 0.109. The number of anilines is 1. The van der Waals surface area contributed by atoms with Crippen LogP contribution in [0.15, 0.2) is 0 Å². The van der Waals surface area contributed by atoms with Crippen molar-refractivity contribution in [2.45, 2.75) is 52.6 Å². The van der Waals surface area contributed by atoms with Gasteiger partial charge < -0.3 is 9.47 Å². The predicted octanol–water partition coefficient (Wildman–Crippen LogP) is 3.16. The number of aryl methyl sites for hydroxylation is 1. The monoisotopic (exact) mass is 326 g/mol. The Morgan fingerprint density at radius 1 is 1.41 bits per heavy atom. The van der Waals surface area contributed by atoms with E-state index in [2.05, 4.69) is 10.3 Å². The number of nitrogens with zero attached hydrogens (tertiary/aromatic N) is 1. The smallest absolute Gasteiger partial charge is 0.413 e. The summed E-state index contributed by atoms with van der Waals surface area (Å²) in [6.07, 6.45) is 1.58. The Morgan fingerprint density at radius 2 is 2.14 bits per heavy atom. The van der Waals surface area contributed by atoms with Crippen LogP contribution in [-0.4, -0.2) is 29.3 Å². The molecule has 1 aliphatic rings. The molecule has 1 aromatic rings. The maximum Gasteiger partial charge on any atom is 0.413 e. The summed E-state index contributed by atoms with van der Waals surface area (Å²) in [4.78, 5) is 29.0. The van der Waals surface area contributed by atoms with Crippen LogP contribution in [-0.2, 0) is 27.1 Å². The molecule has 7 heteroatoms. The summed E-state index contributed by atoms with van der Waals surface area (Å²) in [7, 11) is 0. The van der Waals surface area contributed by atoms with Gasteiger partial charge in [0.1, 0.15) is 5.60 Å². The normalized spacial score (nSPS) is 17.5.